The fourth-order valence-electron chi connectivity index (χ4n) is 1.94. The molecule has 0 aliphatic rings. The number of carbonyl (C=O) groups is 1. The molecule has 2 nitrogen and oxygen atoms in total. The van der Waals surface area contributed by atoms with Crippen molar-refractivity contribution < 1.29 is 9.90 Å². The van der Waals surface area contributed by atoms with Gasteiger partial charge in [0.25, 0.3) is 0 Å². The summed E-state index contributed by atoms with van der Waals surface area (Å²) in [4.78, 5) is 11.4. The van der Waals surface area contributed by atoms with Gasteiger partial charge in [0.2, 0.25) is 0 Å². The van der Waals surface area contributed by atoms with Gasteiger partial charge < -0.3 is 5.11 Å². The third kappa shape index (κ3) is 2.99. The summed E-state index contributed by atoms with van der Waals surface area (Å²) in [5, 5.41) is 9.39. The predicted molar refractivity (Wildman–Crippen MR) is 74.7 cm³/mol. The highest BCUT2D eigenvalue weighted by Gasteiger charge is 2.22. The molecule has 2 aromatic carbocycles. The zero-order chi connectivity index (χ0) is 13.0. The SMILES string of the molecule is O=C(O)C(Cc1ccccc1)c1ccccc1Br. The number of hydrogen-bond donors (Lipinski definition) is 1. The number of benzene rings is 2. The predicted octanol–water partition coefficient (Wildman–Crippen LogP) is 3.86. The Balaban J connectivity index is 2.30. The molecule has 0 radical (unpaired) electrons. The van der Waals surface area contributed by atoms with Crippen LogP contribution in [0.1, 0.15) is 17.0 Å². The third-order valence-corrected chi connectivity index (χ3v) is 3.58. The Morgan fingerprint density at radius 2 is 1.67 bits per heavy atom. The fourth-order valence-corrected chi connectivity index (χ4v) is 2.50. The van der Waals surface area contributed by atoms with Crippen molar-refractivity contribution in [3.8, 4) is 0 Å². The summed E-state index contributed by atoms with van der Waals surface area (Å²) in [6.45, 7) is 0. The van der Waals surface area contributed by atoms with Gasteiger partial charge in [-0.15, -0.1) is 0 Å². The average molecular weight is 305 g/mol. The number of carboxylic acids is 1. The summed E-state index contributed by atoms with van der Waals surface area (Å²) in [7, 11) is 0. The first-order chi connectivity index (χ1) is 8.68. The lowest BCUT2D eigenvalue weighted by atomic mass is 9.92. The van der Waals surface area contributed by atoms with Crippen molar-refractivity contribution in [2.24, 2.45) is 0 Å². The second-order valence-corrected chi connectivity index (χ2v) is 4.96. The van der Waals surface area contributed by atoms with Crippen molar-refractivity contribution >= 4 is 21.9 Å². The van der Waals surface area contributed by atoms with Crippen LogP contribution in [0.3, 0.4) is 0 Å². The second kappa shape index (κ2) is 5.83. The van der Waals surface area contributed by atoms with Gasteiger partial charge in [-0.05, 0) is 23.6 Å². The maximum absolute atomic E-state index is 11.4. The Morgan fingerprint density at radius 1 is 1.06 bits per heavy atom. The normalized spacial score (nSPS) is 12.1. The number of halogens is 1. The lowest BCUT2D eigenvalue weighted by Crippen LogP contribution is -2.15. The number of carboxylic acid groups (broad SMARTS) is 1. The summed E-state index contributed by atoms with van der Waals surface area (Å²) >= 11 is 3.42. The van der Waals surface area contributed by atoms with E-state index in [-0.39, 0.29) is 0 Å². The molecule has 3 heteroatoms. The maximum Gasteiger partial charge on any atom is 0.311 e. The van der Waals surface area contributed by atoms with Crippen LogP contribution >= 0.6 is 15.9 Å². The smallest absolute Gasteiger partial charge is 0.311 e. The van der Waals surface area contributed by atoms with E-state index in [9.17, 15) is 9.90 Å². The standard InChI is InChI=1S/C15H13BrO2/c16-14-9-5-4-8-12(14)13(15(17)18)10-11-6-2-1-3-7-11/h1-9,13H,10H2,(H,17,18). The van der Waals surface area contributed by atoms with Gasteiger partial charge in [0.15, 0.2) is 0 Å². The molecule has 0 bridgehead atoms. The van der Waals surface area contributed by atoms with E-state index in [0.717, 1.165) is 15.6 Å². The van der Waals surface area contributed by atoms with Crippen molar-refractivity contribution in [2.75, 3.05) is 0 Å². The minimum atomic E-state index is -0.800. The first-order valence-electron chi connectivity index (χ1n) is 5.69. The highest BCUT2D eigenvalue weighted by molar-refractivity contribution is 9.10. The van der Waals surface area contributed by atoms with E-state index in [1.807, 2.05) is 54.6 Å². The van der Waals surface area contributed by atoms with E-state index in [1.54, 1.807) is 0 Å². The third-order valence-electron chi connectivity index (χ3n) is 2.86. The highest BCUT2D eigenvalue weighted by atomic mass is 79.9. The Bertz CT molecular complexity index is 537. The first kappa shape index (κ1) is 12.8. The molecule has 0 fully saturated rings. The van der Waals surface area contributed by atoms with Crippen LogP contribution in [0.15, 0.2) is 59.1 Å². The van der Waals surface area contributed by atoms with Crippen LogP contribution in [0.25, 0.3) is 0 Å². The van der Waals surface area contributed by atoms with E-state index in [0.29, 0.717) is 6.42 Å². The topological polar surface area (TPSA) is 37.3 Å². The highest BCUT2D eigenvalue weighted by Crippen LogP contribution is 2.28. The molecule has 0 aromatic heterocycles. The molecule has 2 rings (SSSR count). The Labute approximate surface area is 114 Å². The van der Waals surface area contributed by atoms with E-state index in [1.165, 1.54) is 0 Å². The van der Waals surface area contributed by atoms with Gasteiger partial charge in [0.05, 0.1) is 5.92 Å². The summed E-state index contributed by atoms with van der Waals surface area (Å²) in [6, 6.07) is 17.2. The molecular weight excluding hydrogens is 292 g/mol. The molecule has 92 valence electrons. The Kier molecular flexibility index (Phi) is 4.15. The van der Waals surface area contributed by atoms with Crippen molar-refractivity contribution in [2.45, 2.75) is 12.3 Å². The van der Waals surface area contributed by atoms with Crippen LogP contribution in [0.5, 0.6) is 0 Å². The largest absolute Gasteiger partial charge is 0.481 e. The van der Waals surface area contributed by atoms with Crippen LogP contribution in [-0.4, -0.2) is 11.1 Å². The van der Waals surface area contributed by atoms with E-state index in [2.05, 4.69) is 15.9 Å². The van der Waals surface area contributed by atoms with Crippen LogP contribution in [-0.2, 0) is 11.2 Å². The van der Waals surface area contributed by atoms with Crippen molar-refractivity contribution in [1.82, 2.24) is 0 Å². The van der Waals surface area contributed by atoms with Gasteiger partial charge in [-0.3, -0.25) is 4.79 Å². The first-order valence-corrected chi connectivity index (χ1v) is 6.49. The molecule has 18 heavy (non-hydrogen) atoms. The van der Waals surface area contributed by atoms with Crippen LogP contribution < -0.4 is 0 Å². The van der Waals surface area contributed by atoms with Gasteiger partial charge in [-0.2, -0.15) is 0 Å². The zero-order valence-corrected chi connectivity index (χ0v) is 11.3. The summed E-state index contributed by atoms with van der Waals surface area (Å²) in [5.41, 5.74) is 1.84. The van der Waals surface area contributed by atoms with Gasteiger partial charge >= 0.3 is 5.97 Å². The maximum atomic E-state index is 11.4. The van der Waals surface area contributed by atoms with Gasteiger partial charge in [0.1, 0.15) is 0 Å². The van der Waals surface area contributed by atoms with E-state index < -0.39 is 11.9 Å². The Hall–Kier alpha value is -1.61. The Morgan fingerprint density at radius 3 is 2.28 bits per heavy atom. The van der Waals surface area contributed by atoms with Crippen LogP contribution in [0.4, 0.5) is 0 Å². The zero-order valence-electron chi connectivity index (χ0n) is 9.71. The molecule has 1 atom stereocenters. The van der Waals surface area contributed by atoms with Crippen molar-refractivity contribution in [3.05, 3.63) is 70.2 Å². The molecule has 2 aromatic rings. The van der Waals surface area contributed by atoms with Gasteiger partial charge in [0, 0.05) is 4.47 Å². The molecule has 0 aliphatic carbocycles. The van der Waals surface area contributed by atoms with Crippen LogP contribution in [0, 0.1) is 0 Å². The average Bonchev–Trinajstić information content (AvgIpc) is 2.38. The lowest BCUT2D eigenvalue weighted by molar-refractivity contribution is -0.138. The quantitative estimate of drug-likeness (QED) is 0.931. The number of hydrogen-bond acceptors (Lipinski definition) is 1. The van der Waals surface area contributed by atoms with Crippen molar-refractivity contribution in [1.29, 1.82) is 0 Å². The van der Waals surface area contributed by atoms with Crippen molar-refractivity contribution in [3.63, 3.8) is 0 Å². The summed E-state index contributed by atoms with van der Waals surface area (Å²) in [5.74, 6) is -1.33. The molecule has 1 N–H and O–H groups in total. The summed E-state index contributed by atoms with van der Waals surface area (Å²) in [6.07, 6.45) is 0.499. The summed E-state index contributed by atoms with van der Waals surface area (Å²) < 4.78 is 0.841. The molecule has 0 amide bonds. The number of aliphatic carboxylic acids is 1. The van der Waals surface area contributed by atoms with Gasteiger partial charge in [-0.1, -0.05) is 64.5 Å². The van der Waals surface area contributed by atoms with Crippen LogP contribution in [0.2, 0.25) is 0 Å². The molecular formula is C15H13BrO2. The molecule has 0 heterocycles. The minimum Gasteiger partial charge on any atom is -0.481 e. The van der Waals surface area contributed by atoms with E-state index >= 15 is 0 Å². The minimum absolute atomic E-state index is 0.499. The van der Waals surface area contributed by atoms with E-state index in [4.69, 9.17) is 0 Å². The number of rotatable bonds is 4. The molecule has 0 aliphatic heterocycles. The van der Waals surface area contributed by atoms with Gasteiger partial charge in [-0.25, -0.2) is 0 Å². The second-order valence-electron chi connectivity index (χ2n) is 4.10. The fraction of sp³-hybridized carbons (Fsp3) is 0.133. The monoisotopic (exact) mass is 304 g/mol. The molecule has 0 spiro atoms. The lowest BCUT2D eigenvalue weighted by Gasteiger charge is -2.14. The molecule has 0 saturated heterocycles. The molecule has 1 unspecified atom stereocenters. The molecule has 0 saturated carbocycles.